The van der Waals surface area contributed by atoms with Gasteiger partial charge in [-0.3, -0.25) is 9.59 Å². The quantitative estimate of drug-likeness (QED) is 0.645. The van der Waals surface area contributed by atoms with Crippen LogP contribution in [0.1, 0.15) is 43.0 Å². The Balaban J connectivity index is 1.49. The number of carbonyl (C=O) groups is 3. The molecule has 1 aromatic heterocycles. The molecule has 0 spiro atoms. The minimum Gasteiger partial charge on any atom is -0.452 e. The van der Waals surface area contributed by atoms with Gasteiger partial charge in [0.05, 0.1) is 0 Å². The van der Waals surface area contributed by atoms with Crippen LogP contribution >= 0.6 is 11.3 Å². The Morgan fingerprint density at radius 3 is 2.52 bits per heavy atom. The molecule has 0 bridgehead atoms. The van der Waals surface area contributed by atoms with Gasteiger partial charge in [0.15, 0.2) is 6.61 Å². The predicted molar refractivity (Wildman–Crippen MR) is 112 cm³/mol. The number of rotatable bonds is 8. The summed E-state index contributed by atoms with van der Waals surface area (Å²) in [5.74, 6) is -0.434. The lowest BCUT2D eigenvalue weighted by atomic mass is 10.0. The van der Waals surface area contributed by atoms with Gasteiger partial charge in [-0.05, 0) is 44.1 Å². The lowest BCUT2D eigenvalue weighted by molar-refractivity contribution is -0.125. The van der Waals surface area contributed by atoms with E-state index >= 15 is 0 Å². The molecule has 0 unspecified atom stereocenters. The minimum absolute atomic E-state index is 0.0239. The number of amides is 2. The standard InChI is InChI=1S/C22H24N2O4S/c1-13(14-7-8-14)23-18(25)11-28-22(27)19-17(15-5-3-2-4-6-15)12-29-21(19)24-20(26)16-9-10-16/h2-6,12-14,16H,7-11H2,1H3,(H,23,25)(H,24,26)/t13-/m1/s1. The van der Waals surface area contributed by atoms with E-state index in [1.165, 1.54) is 11.3 Å². The van der Waals surface area contributed by atoms with E-state index in [-0.39, 0.29) is 30.4 Å². The molecule has 152 valence electrons. The van der Waals surface area contributed by atoms with Crippen LogP contribution in [0.3, 0.4) is 0 Å². The molecule has 2 fully saturated rings. The van der Waals surface area contributed by atoms with Crippen LogP contribution in [0.4, 0.5) is 5.00 Å². The van der Waals surface area contributed by atoms with Crippen molar-refractivity contribution in [3.63, 3.8) is 0 Å². The van der Waals surface area contributed by atoms with Gasteiger partial charge < -0.3 is 15.4 Å². The molecule has 2 aromatic rings. The highest BCUT2D eigenvalue weighted by Crippen LogP contribution is 2.38. The van der Waals surface area contributed by atoms with E-state index in [9.17, 15) is 14.4 Å². The Labute approximate surface area is 173 Å². The van der Waals surface area contributed by atoms with Crippen molar-refractivity contribution in [1.82, 2.24) is 5.32 Å². The third-order valence-corrected chi connectivity index (χ3v) is 6.21. The molecule has 4 rings (SSSR count). The average Bonchev–Trinajstić information content (AvgIpc) is 3.63. The maximum atomic E-state index is 12.9. The third-order valence-electron chi connectivity index (χ3n) is 5.32. The number of carbonyl (C=O) groups excluding carboxylic acids is 3. The monoisotopic (exact) mass is 412 g/mol. The molecule has 0 saturated heterocycles. The molecular formula is C22H24N2O4S. The van der Waals surface area contributed by atoms with E-state index in [4.69, 9.17) is 4.74 Å². The molecule has 1 atom stereocenters. The summed E-state index contributed by atoms with van der Waals surface area (Å²) >= 11 is 1.30. The Morgan fingerprint density at radius 2 is 1.86 bits per heavy atom. The van der Waals surface area contributed by atoms with Crippen molar-refractivity contribution in [2.75, 3.05) is 11.9 Å². The topological polar surface area (TPSA) is 84.5 Å². The molecular weight excluding hydrogens is 388 g/mol. The number of nitrogens with one attached hydrogen (secondary N) is 2. The molecule has 1 aromatic carbocycles. The molecule has 2 N–H and O–H groups in total. The van der Waals surface area contributed by atoms with E-state index < -0.39 is 5.97 Å². The van der Waals surface area contributed by atoms with E-state index in [0.717, 1.165) is 31.2 Å². The number of ether oxygens (including phenoxy) is 1. The van der Waals surface area contributed by atoms with Crippen LogP contribution in [0.5, 0.6) is 0 Å². The Hall–Kier alpha value is -2.67. The number of anilines is 1. The Kier molecular flexibility index (Phi) is 5.67. The second-order valence-corrected chi connectivity index (χ2v) is 8.63. The van der Waals surface area contributed by atoms with Gasteiger partial charge in [-0.2, -0.15) is 0 Å². The van der Waals surface area contributed by atoms with Crippen molar-refractivity contribution in [1.29, 1.82) is 0 Å². The fourth-order valence-electron chi connectivity index (χ4n) is 3.26. The van der Waals surface area contributed by atoms with Crippen molar-refractivity contribution >= 4 is 34.1 Å². The number of hydrogen-bond acceptors (Lipinski definition) is 5. The van der Waals surface area contributed by atoms with E-state index in [0.29, 0.717) is 22.0 Å². The summed E-state index contributed by atoms with van der Waals surface area (Å²) in [6.45, 7) is 1.63. The maximum absolute atomic E-state index is 12.9. The van der Waals surface area contributed by atoms with Crippen molar-refractivity contribution in [2.45, 2.75) is 38.6 Å². The summed E-state index contributed by atoms with van der Waals surface area (Å²) in [6, 6.07) is 9.56. The number of thiophene rings is 1. The van der Waals surface area contributed by atoms with Gasteiger partial charge in [0.2, 0.25) is 5.91 Å². The fourth-order valence-corrected chi connectivity index (χ4v) is 4.22. The molecule has 7 heteroatoms. The van der Waals surface area contributed by atoms with Gasteiger partial charge in [0.25, 0.3) is 5.91 Å². The highest BCUT2D eigenvalue weighted by atomic mass is 32.1. The molecule has 2 aliphatic carbocycles. The first-order valence-corrected chi connectivity index (χ1v) is 10.8. The summed E-state index contributed by atoms with van der Waals surface area (Å²) in [5, 5.41) is 8.05. The first kappa shape index (κ1) is 19.6. The van der Waals surface area contributed by atoms with Gasteiger partial charge >= 0.3 is 5.97 Å². The van der Waals surface area contributed by atoms with Gasteiger partial charge in [-0.25, -0.2) is 4.79 Å². The molecule has 6 nitrogen and oxygen atoms in total. The van der Waals surface area contributed by atoms with Crippen LogP contribution in [-0.2, 0) is 14.3 Å². The molecule has 1 heterocycles. The van der Waals surface area contributed by atoms with Crippen molar-refractivity contribution < 1.29 is 19.1 Å². The van der Waals surface area contributed by atoms with Gasteiger partial charge in [0, 0.05) is 22.9 Å². The van der Waals surface area contributed by atoms with E-state index in [2.05, 4.69) is 10.6 Å². The van der Waals surface area contributed by atoms with Crippen LogP contribution in [0, 0.1) is 11.8 Å². The van der Waals surface area contributed by atoms with Crippen LogP contribution < -0.4 is 10.6 Å². The second kappa shape index (κ2) is 8.37. The average molecular weight is 413 g/mol. The molecule has 0 aliphatic heterocycles. The van der Waals surface area contributed by atoms with Gasteiger partial charge in [-0.15, -0.1) is 11.3 Å². The summed E-state index contributed by atoms with van der Waals surface area (Å²) in [6.07, 6.45) is 4.00. The van der Waals surface area contributed by atoms with Gasteiger partial charge in [-0.1, -0.05) is 30.3 Å². The normalized spacial score (nSPS) is 16.7. The molecule has 2 amide bonds. The number of hydrogen-bond donors (Lipinski definition) is 2. The zero-order chi connectivity index (χ0) is 20.4. The highest BCUT2D eigenvalue weighted by molar-refractivity contribution is 7.15. The first-order valence-electron chi connectivity index (χ1n) is 9.97. The fraction of sp³-hybridized carbons (Fsp3) is 0.409. The minimum atomic E-state index is -0.606. The zero-order valence-corrected chi connectivity index (χ0v) is 17.1. The third kappa shape index (κ3) is 4.85. The lowest BCUT2D eigenvalue weighted by Crippen LogP contribution is -2.37. The van der Waals surface area contributed by atoms with E-state index in [1.54, 1.807) is 0 Å². The SMILES string of the molecule is C[C@@H](NC(=O)COC(=O)c1c(-c2ccccc2)csc1NC(=O)C1CC1)C1CC1. The first-order chi connectivity index (χ1) is 14.0. The lowest BCUT2D eigenvalue weighted by Gasteiger charge is -2.13. The number of esters is 1. The zero-order valence-electron chi connectivity index (χ0n) is 16.3. The van der Waals surface area contributed by atoms with Crippen LogP contribution in [0.2, 0.25) is 0 Å². The molecule has 0 radical (unpaired) electrons. The summed E-state index contributed by atoms with van der Waals surface area (Å²) in [4.78, 5) is 37.2. The molecule has 2 aliphatic rings. The largest absolute Gasteiger partial charge is 0.452 e. The highest BCUT2D eigenvalue weighted by Gasteiger charge is 2.32. The van der Waals surface area contributed by atoms with E-state index in [1.807, 2.05) is 42.6 Å². The second-order valence-electron chi connectivity index (χ2n) is 7.75. The van der Waals surface area contributed by atoms with Gasteiger partial charge in [0.1, 0.15) is 10.6 Å². The van der Waals surface area contributed by atoms with Crippen LogP contribution in [-0.4, -0.2) is 30.4 Å². The predicted octanol–water partition coefficient (Wildman–Crippen LogP) is 3.84. The number of benzene rings is 1. The van der Waals surface area contributed by atoms with Crippen LogP contribution in [0.25, 0.3) is 11.1 Å². The smallest absolute Gasteiger partial charge is 0.342 e. The Bertz CT molecular complexity index is 916. The van der Waals surface area contributed by atoms with Crippen molar-refractivity contribution in [3.05, 3.63) is 41.3 Å². The maximum Gasteiger partial charge on any atom is 0.342 e. The Morgan fingerprint density at radius 1 is 1.14 bits per heavy atom. The van der Waals surface area contributed by atoms with Crippen LogP contribution in [0.15, 0.2) is 35.7 Å². The summed E-state index contributed by atoms with van der Waals surface area (Å²) < 4.78 is 5.31. The van der Waals surface area contributed by atoms with Crippen molar-refractivity contribution in [2.24, 2.45) is 11.8 Å². The van der Waals surface area contributed by atoms with Crippen molar-refractivity contribution in [3.8, 4) is 11.1 Å². The summed E-state index contributed by atoms with van der Waals surface area (Å²) in [5.41, 5.74) is 1.85. The molecule has 29 heavy (non-hydrogen) atoms. The summed E-state index contributed by atoms with van der Waals surface area (Å²) in [7, 11) is 0. The molecule has 2 saturated carbocycles.